The van der Waals surface area contributed by atoms with Crippen molar-refractivity contribution in [1.29, 1.82) is 0 Å². The highest BCUT2D eigenvalue weighted by molar-refractivity contribution is 5.71. The van der Waals surface area contributed by atoms with Crippen molar-refractivity contribution in [2.45, 2.75) is 134 Å². The molecular formula is C22H40O5. The standard InChI is InChI=1S/C22H40O5/c1-4-5-6-7-8-9-10-11-12-19-20(27-22(2,3)26-19)14-13-17(23)18-15-16-21(24)25-18/h17-20,23H,4-16H2,1-3H3/t17-,18-,19-,20-/m1/s1. The summed E-state index contributed by atoms with van der Waals surface area (Å²) in [5.74, 6) is -0.756. The number of unbranched alkanes of at least 4 members (excludes halogenated alkanes) is 7. The fourth-order valence-corrected chi connectivity index (χ4v) is 4.22. The summed E-state index contributed by atoms with van der Waals surface area (Å²) in [5.41, 5.74) is 0. The normalized spacial score (nSPS) is 28.4. The van der Waals surface area contributed by atoms with Gasteiger partial charge in [-0.15, -0.1) is 0 Å². The van der Waals surface area contributed by atoms with Crippen LogP contribution in [0.25, 0.3) is 0 Å². The summed E-state index contributed by atoms with van der Waals surface area (Å²) < 4.78 is 17.4. The van der Waals surface area contributed by atoms with Crippen LogP contribution in [0.2, 0.25) is 0 Å². The minimum Gasteiger partial charge on any atom is -0.460 e. The van der Waals surface area contributed by atoms with E-state index in [0.29, 0.717) is 19.3 Å². The van der Waals surface area contributed by atoms with Gasteiger partial charge < -0.3 is 19.3 Å². The molecule has 27 heavy (non-hydrogen) atoms. The summed E-state index contributed by atoms with van der Waals surface area (Å²) in [5, 5.41) is 10.3. The van der Waals surface area contributed by atoms with Crippen molar-refractivity contribution in [1.82, 2.24) is 0 Å². The van der Waals surface area contributed by atoms with E-state index in [4.69, 9.17) is 14.2 Å². The first-order valence-electron chi connectivity index (χ1n) is 11.1. The Balaban J connectivity index is 1.65. The smallest absolute Gasteiger partial charge is 0.306 e. The van der Waals surface area contributed by atoms with Gasteiger partial charge in [0, 0.05) is 6.42 Å². The van der Waals surface area contributed by atoms with E-state index in [9.17, 15) is 9.90 Å². The fourth-order valence-electron chi connectivity index (χ4n) is 4.22. The number of aliphatic hydroxyl groups is 1. The van der Waals surface area contributed by atoms with Crippen molar-refractivity contribution in [3.63, 3.8) is 0 Å². The van der Waals surface area contributed by atoms with Gasteiger partial charge in [-0.1, -0.05) is 58.3 Å². The number of carbonyl (C=O) groups is 1. The van der Waals surface area contributed by atoms with Gasteiger partial charge in [-0.25, -0.2) is 0 Å². The van der Waals surface area contributed by atoms with Gasteiger partial charge >= 0.3 is 5.97 Å². The van der Waals surface area contributed by atoms with Crippen LogP contribution in [0.1, 0.15) is 104 Å². The van der Waals surface area contributed by atoms with E-state index >= 15 is 0 Å². The molecule has 0 aliphatic carbocycles. The molecule has 0 spiro atoms. The summed E-state index contributed by atoms with van der Waals surface area (Å²) in [4.78, 5) is 11.2. The van der Waals surface area contributed by atoms with Crippen LogP contribution < -0.4 is 0 Å². The lowest BCUT2D eigenvalue weighted by atomic mass is 9.98. The Hall–Kier alpha value is -0.650. The second-order valence-corrected chi connectivity index (χ2v) is 8.69. The molecule has 0 aromatic carbocycles. The molecule has 158 valence electrons. The molecule has 2 aliphatic heterocycles. The first kappa shape index (κ1) is 22.6. The zero-order valence-corrected chi connectivity index (χ0v) is 17.6. The van der Waals surface area contributed by atoms with Gasteiger partial charge in [0.25, 0.3) is 0 Å². The van der Waals surface area contributed by atoms with Gasteiger partial charge in [0.1, 0.15) is 6.10 Å². The van der Waals surface area contributed by atoms with Crippen molar-refractivity contribution in [2.24, 2.45) is 0 Å². The van der Waals surface area contributed by atoms with Gasteiger partial charge in [0.2, 0.25) is 0 Å². The molecular weight excluding hydrogens is 344 g/mol. The van der Waals surface area contributed by atoms with E-state index in [2.05, 4.69) is 6.92 Å². The molecule has 2 fully saturated rings. The van der Waals surface area contributed by atoms with E-state index in [1.807, 2.05) is 13.8 Å². The number of rotatable bonds is 13. The van der Waals surface area contributed by atoms with Crippen molar-refractivity contribution >= 4 is 5.97 Å². The molecule has 0 bridgehead atoms. The quantitative estimate of drug-likeness (QED) is 0.362. The molecule has 0 saturated carbocycles. The third-order valence-electron chi connectivity index (χ3n) is 5.72. The average molecular weight is 385 g/mol. The number of esters is 1. The maximum Gasteiger partial charge on any atom is 0.306 e. The monoisotopic (exact) mass is 384 g/mol. The molecule has 2 aliphatic rings. The first-order valence-corrected chi connectivity index (χ1v) is 11.1. The van der Waals surface area contributed by atoms with Crippen molar-refractivity contribution < 1.29 is 24.1 Å². The van der Waals surface area contributed by atoms with Crippen molar-refractivity contribution in [2.75, 3.05) is 0 Å². The SMILES string of the molecule is CCCCCCCCCC[C@H]1OC(C)(C)O[C@@H]1CC[C@@H](O)[C@H]1CCC(=O)O1. The Kier molecular flexibility index (Phi) is 9.54. The molecule has 2 heterocycles. The highest BCUT2D eigenvalue weighted by Gasteiger charge is 2.41. The first-order chi connectivity index (χ1) is 12.9. The Morgan fingerprint density at radius 1 is 1.00 bits per heavy atom. The van der Waals surface area contributed by atoms with Gasteiger partial charge in [0.15, 0.2) is 5.79 Å². The van der Waals surface area contributed by atoms with Crippen molar-refractivity contribution in [3.8, 4) is 0 Å². The van der Waals surface area contributed by atoms with E-state index in [-0.39, 0.29) is 24.3 Å². The number of aliphatic hydroxyl groups excluding tert-OH is 1. The second kappa shape index (κ2) is 11.4. The van der Waals surface area contributed by atoms with Gasteiger partial charge in [0.05, 0.1) is 18.3 Å². The highest BCUT2D eigenvalue weighted by atomic mass is 16.7. The summed E-state index contributed by atoms with van der Waals surface area (Å²) in [6, 6.07) is 0. The summed E-state index contributed by atoms with van der Waals surface area (Å²) in [7, 11) is 0. The maximum atomic E-state index is 11.2. The zero-order chi connectivity index (χ0) is 19.7. The van der Waals surface area contributed by atoms with Crippen LogP contribution in [0.3, 0.4) is 0 Å². The highest BCUT2D eigenvalue weighted by Crippen LogP contribution is 2.34. The van der Waals surface area contributed by atoms with Gasteiger partial charge in [-0.05, 0) is 39.5 Å². The van der Waals surface area contributed by atoms with Crippen LogP contribution in [0.15, 0.2) is 0 Å². The lowest BCUT2D eigenvalue weighted by Gasteiger charge is -2.21. The Bertz CT molecular complexity index is 436. The van der Waals surface area contributed by atoms with E-state index in [1.54, 1.807) is 0 Å². The van der Waals surface area contributed by atoms with Crippen LogP contribution in [-0.2, 0) is 19.0 Å². The number of hydrogen-bond acceptors (Lipinski definition) is 5. The number of hydrogen-bond donors (Lipinski definition) is 1. The minimum atomic E-state index is -0.604. The van der Waals surface area contributed by atoms with E-state index in [0.717, 1.165) is 19.3 Å². The Labute approximate surface area is 165 Å². The van der Waals surface area contributed by atoms with E-state index < -0.39 is 11.9 Å². The Morgan fingerprint density at radius 3 is 2.19 bits per heavy atom. The average Bonchev–Trinajstić information content (AvgIpc) is 3.17. The molecule has 5 nitrogen and oxygen atoms in total. The largest absolute Gasteiger partial charge is 0.460 e. The van der Waals surface area contributed by atoms with Crippen LogP contribution in [0.4, 0.5) is 0 Å². The van der Waals surface area contributed by atoms with Crippen molar-refractivity contribution in [3.05, 3.63) is 0 Å². The van der Waals surface area contributed by atoms with Crippen LogP contribution in [-0.4, -0.2) is 41.3 Å². The van der Waals surface area contributed by atoms with Crippen LogP contribution in [0.5, 0.6) is 0 Å². The fraction of sp³-hybridized carbons (Fsp3) is 0.955. The van der Waals surface area contributed by atoms with Gasteiger partial charge in [-0.3, -0.25) is 4.79 Å². The van der Waals surface area contributed by atoms with Gasteiger partial charge in [-0.2, -0.15) is 0 Å². The maximum absolute atomic E-state index is 11.2. The molecule has 5 heteroatoms. The molecule has 0 aromatic heterocycles. The summed E-state index contributed by atoms with van der Waals surface area (Å²) in [6.07, 6.45) is 12.9. The molecule has 1 N–H and O–H groups in total. The third-order valence-corrected chi connectivity index (χ3v) is 5.72. The minimum absolute atomic E-state index is 0.0105. The van der Waals surface area contributed by atoms with E-state index in [1.165, 1.54) is 44.9 Å². The van der Waals surface area contributed by atoms with Crippen LogP contribution in [0, 0.1) is 0 Å². The van der Waals surface area contributed by atoms with Crippen LogP contribution >= 0.6 is 0 Å². The number of cyclic esters (lactones) is 1. The topological polar surface area (TPSA) is 65.0 Å². The molecule has 0 amide bonds. The molecule has 0 aromatic rings. The third kappa shape index (κ3) is 8.08. The molecule has 4 atom stereocenters. The Morgan fingerprint density at radius 2 is 1.59 bits per heavy atom. The summed E-state index contributed by atoms with van der Waals surface area (Å²) in [6.45, 7) is 6.17. The molecule has 2 rings (SSSR count). The second-order valence-electron chi connectivity index (χ2n) is 8.69. The lowest BCUT2D eigenvalue weighted by molar-refractivity contribution is -0.148. The number of ether oxygens (including phenoxy) is 3. The molecule has 2 saturated heterocycles. The zero-order valence-electron chi connectivity index (χ0n) is 17.6. The lowest BCUT2D eigenvalue weighted by Crippen LogP contribution is -2.29. The molecule has 0 radical (unpaired) electrons. The predicted octanol–water partition coefficient (Wildman–Crippen LogP) is 4.88. The predicted molar refractivity (Wildman–Crippen MR) is 105 cm³/mol. The number of carbonyl (C=O) groups excluding carboxylic acids is 1. The summed E-state index contributed by atoms with van der Waals surface area (Å²) >= 11 is 0. The molecule has 0 unspecified atom stereocenters.